The molecule has 0 saturated heterocycles. The Bertz CT molecular complexity index is 637. The average Bonchev–Trinajstić information content (AvgIpc) is 3.00. The van der Waals surface area contributed by atoms with Gasteiger partial charge >= 0.3 is 0 Å². The molecule has 0 bridgehead atoms. The molecule has 0 aliphatic heterocycles. The maximum absolute atomic E-state index is 12.2. The minimum atomic E-state index is -0.174. The summed E-state index contributed by atoms with van der Waals surface area (Å²) in [6.07, 6.45) is 3.95. The molecule has 0 spiro atoms. The van der Waals surface area contributed by atoms with Crippen molar-refractivity contribution in [1.82, 2.24) is 15.1 Å². The van der Waals surface area contributed by atoms with Crippen LogP contribution in [0.2, 0.25) is 0 Å². The van der Waals surface area contributed by atoms with Gasteiger partial charge in [-0.1, -0.05) is 13.0 Å². The molecule has 22 heavy (non-hydrogen) atoms. The second kappa shape index (κ2) is 7.40. The van der Waals surface area contributed by atoms with E-state index in [0.717, 1.165) is 0 Å². The largest absolute Gasteiger partial charge is 0.348 e. The van der Waals surface area contributed by atoms with Gasteiger partial charge in [-0.25, -0.2) is 0 Å². The van der Waals surface area contributed by atoms with E-state index >= 15 is 0 Å². The molecule has 6 nitrogen and oxygen atoms in total. The number of amides is 2. The summed E-state index contributed by atoms with van der Waals surface area (Å²) in [5.41, 5.74) is 1.14. The molecule has 1 atom stereocenters. The molecule has 0 radical (unpaired) electrons. The molecule has 6 heteroatoms. The van der Waals surface area contributed by atoms with Gasteiger partial charge in [0, 0.05) is 36.1 Å². The maximum atomic E-state index is 12.2. The average molecular weight is 300 g/mol. The van der Waals surface area contributed by atoms with Crippen LogP contribution in [0.25, 0.3) is 0 Å². The third kappa shape index (κ3) is 4.44. The first-order valence-corrected chi connectivity index (χ1v) is 7.26. The van der Waals surface area contributed by atoms with Crippen LogP contribution < -0.4 is 10.6 Å². The van der Waals surface area contributed by atoms with E-state index in [4.69, 9.17) is 0 Å². The Morgan fingerprint density at radius 1 is 1.32 bits per heavy atom. The molecule has 2 rings (SSSR count). The number of benzene rings is 1. The summed E-state index contributed by atoms with van der Waals surface area (Å²) < 4.78 is 1.77. The first kappa shape index (κ1) is 15.8. The summed E-state index contributed by atoms with van der Waals surface area (Å²) in [6, 6.07) is 8.69. The fraction of sp³-hybridized carbons (Fsp3) is 0.312. The lowest BCUT2D eigenvalue weighted by molar-refractivity contribution is -0.115. The zero-order valence-corrected chi connectivity index (χ0v) is 12.7. The van der Waals surface area contributed by atoms with E-state index in [0.29, 0.717) is 24.2 Å². The Labute approximate surface area is 129 Å². The predicted octanol–water partition coefficient (Wildman–Crippen LogP) is 2.05. The minimum absolute atomic E-state index is 0.0544. The van der Waals surface area contributed by atoms with Crippen LogP contribution in [-0.2, 0) is 11.3 Å². The summed E-state index contributed by atoms with van der Waals surface area (Å²) >= 11 is 0. The number of carbonyl (C=O) groups excluding carboxylic acids is 2. The molecular weight excluding hydrogens is 280 g/mol. The Morgan fingerprint density at radius 3 is 2.82 bits per heavy atom. The van der Waals surface area contributed by atoms with Crippen LogP contribution in [0.1, 0.15) is 30.6 Å². The molecular formula is C16H20N4O2. The molecule has 0 aliphatic rings. The van der Waals surface area contributed by atoms with E-state index in [2.05, 4.69) is 15.7 Å². The number of hydrogen-bond acceptors (Lipinski definition) is 3. The van der Waals surface area contributed by atoms with Gasteiger partial charge < -0.3 is 10.6 Å². The lowest BCUT2D eigenvalue weighted by atomic mass is 10.1. The first-order chi connectivity index (χ1) is 10.6. The summed E-state index contributed by atoms with van der Waals surface area (Å²) in [5.74, 6) is -0.253. The number of nitrogens with zero attached hydrogens (tertiary/aromatic N) is 2. The summed E-state index contributed by atoms with van der Waals surface area (Å²) in [5, 5.41) is 9.77. The fourth-order valence-electron chi connectivity index (χ4n) is 2.03. The third-order valence-corrected chi connectivity index (χ3v) is 3.13. The van der Waals surface area contributed by atoms with Crippen LogP contribution in [0.5, 0.6) is 0 Å². The van der Waals surface area contributed by atoms with Crippen LogP contribution in [0.4, 0.5) is 5.69 Å². The van der Waals surface area contributed by atoms with Crippen molar-refractivity contribution in [3.05, 3.63) is 48.3 Å². The van der Waals surface area contributed by atoms with Gasteiger partial charge in [-0.2, -0.15) is 5.10 Å². The Balaban J connectivity index is 1.97. The highest BCUT2D eigenvalue weighted by Gasteiger charge is 2.11. The van der Waals surface area contributed by atoms with E-state index in [1.165, 1.54) is 0 Å². The second-order valence-electron chi connectivity index (χ2n) is 5.09. The third-order valence-electron chi connectivity index (χ3n) is 3.13. The number of anilines is 1. The quantitative estimate of drug-likeness (QED) is 0.857. The van der Waals surface area contributed by atoms with Gasteiger partial charge in [0.25, 0.3) is 5.91 Å². The molecule has 0 fully saturated rings. The number of aromatic nitrogens is 2. The molecule has 2 aromatic rings. The Kier molecular flexibility index (Phi) is 5.30. The molecule has 1 heterocycles. The van der Waals surface area contributed by atoms with Crippen molar-refractivity contribution in [3.8, 4) is 0 Å². The van der Waals surface area contributed by atoms with Gasteiger partial charge in [-0.3, -0.25) is 14.3 Å². The highest BCUT2D eigenvalue weighted by atomic mass is 16.2. The zero-order valence-electron chi connectivity index (χ0n) is 12.7. The topological polar surface area (TPSA) is 76.0 Å². The van der Waals surface area contributed by atoms with Crippen LogP contribution in [0, 0.1) is 0 Å². The Morgan fingerprint density at radius 2 is 2.14 bits per heavy atom. The normalized spacial score (nSPS) is 11.7. The maximum Gasteiger partial charge on any atom is 0.251 e. The van der Waals surface area contributed by atoms with Gasteiger partial charge in [0.1, 0.15) is 0 Å². The van der Waals surface area contributed by atoms with E-state index in [-0.39, 0.29) is 17.9 Å². The summed E-state index contributed by atoms with van der Waals surface area (Å²) in [6.45, 7) is 4.30. The van der Waals surface area contributed by atoms with Crippen molar-refractivity contribution in [3.63, 3.8) is 0 Å². The van der Waals surface area contributed by atoms with Crippen LogP contribution in [0.15, 0.2) is 42.7 Å². The molecule has 2 N–H and O–H groups in total. The van der Waals surface area contributed by atoms with Crippen molar-refractivity contribution in [1.29, 1.82) is 0 Å². The van der Waals surface area contributed by atoms with Crippen molar-refractivity contribution in [2.45, 2.75) is 32.9 Å². The van der Waals surface area contributed by atoms with Crippen molar-refractivity contribution in [2.75, 3.05) is 5.32 Å². The van der Waals surface area contributed by atoms with E-state index in [1.807, 2.05) is 19.2 Å². The zero-order chi connectivity index (χ0) is 15.9. The van der Waals surface area contributed by atoms with Crippen LogP contribution >= 0.6 is 0 Å². The van der Waals surface area contributed by atoms with Crippen LogP contribution in [0.3, 0.4) is 0 Å². The monoisotopic (exact) mass is 300 g/mol. The van der Waals surface area contributed by atoms with E-state index in [1.54, 1.807) is 42.1 Å². The second-order valence-corrected chi connectivity index (χ2v) is 5.09. The first-order valence-electron chi connectivity index (χ1n) is 7.26. The molecule has 0 aliphatic carbocycles. The molecule has 1 aromatic heterocycles. The Hall–Kier alpha value is -2.63. The van der Waals surface area contributed by atoms with Gasteiger partial charge in [-0.15, -0.1) is 0 Å². The summed E-state index contributed by atoms with van der Waals surface area (Å²) in [4.78, 5) is 23.6. The smallest absolute Gasteiger partial charge is 0.251 e. The molecule has 0 saturated carbocycles. The standard InChI is InChI=1S/C16H20N4O2/c1-3-15(21)19-14-7-4-6-13(10-14)16(22)18-12(2)11-20-9-5-8-17-20/h4-10,12H,3,11H2,1-2H3,(H,18,22)(H,19,21)/t12-/m1/s1. The number of nitrogens with one attached hydrogen (secondary N) is 2. The van der Waals surface area contributed by atoms with Crippen molar-refractivity contribution >= 4 is 17.5 Å². The van der Waals surface area contributed by atoms with Gasteiger partial charge in [0.15, 0.2) is 0 Å². The SMILES string of the molecule is CCC(=O)Nc1cccc(C(=O)N[C@H](C)Cn2cccn2)c1. The van der Waals surface area contributed by atoms with E-state index in [9.17, 15) is 9.59 Å². The highest BCUT2D eigenvalue weighted by Crippen LogP contribution is 2.11. The van der Waals surface area contributed by atoms with Crippen molar-refractivity contribution in [2.24, 2.45) is 0 Å². The number of carbonyl (C=O) groups is 2. The van der Waals surface area contributed by atoms with Gasteiger partial charge in [0.05, 0.1) is 6.54 Å². The predicted molar refractivity (Wildman–Crippen MR) is 84.5 cm³/mol. The fourth-order valence-corrected chi connectivity index (χ4v) is 2.03. The minimum Gasteiger partial charge on any atom is -0.348 e. The molecule has 2 amide bonds. The molecule has 116 valence electrons. The van der Waals surface area contributed by atoms with Gasteiger partial charge in [0.2, 0.25) is 5.91 Å². The highest BCUT2D eigenvalue weighted by molar-refractivity contribution is 5.97. The van der Waals surface area contributed by atoms with Crippen molar-refractivity contribution < 1.29 is 9.59 Å². The lowest BCUT2D eigenvalue weighted by Crippen LogP contribution is -2.35. The lowest BCUT2D eigenvalue weighted by Gasteiger charge is -2.14. The van der Waals surface area contributed by atoms with Gasteiger partial charge in [-0.05, 0) is 31.2 Å². The molecule has 0 unspecified atom stereocenters. The molecule has 1 aromatic carbocycles. The number of hydrogen-bond donors (Lipinski definition) is 2. The van der Waals surface area contributed by atoms with Crippen LogP contribution in [-0.4, -0.2) is 27.6 Å². The number of rotatable bonds is 6. The summed E-state index contributed by atoms with van der Waals surface area (Å²) in [7, 11) is 0. The van der Waals surface area contributed by atoms with E-state index < -0.39 is 0 Å².